The Bertz CT molecular complexity index is 1250. The summed E-state index contributed by atoms with van der Waals surface area (Å²) in [6.45, 7) is 3.51. The van der Waals surface area contributed by atoms with Crippen LogP contribution in [-0.2, 0) is 4.79 Å². The van der Waals surface area contributed by atoms with Gasteiger partial charge in [-0.3, -0.25) is 4.79 Å². The molecule has 5 rings (SSSR count). The van der Waals surface area contributed by atoms with E-state index in [1.54, 1.807) is 11.1 Å². The van der Waals surface area contributed by atoms with Crippen molar-refractivity contribution in [1.29, 1.82) is 0 Å². The minimum absolute atomic E-state index is 0.0835. The number of aliphatic hydroxyl groups excluding tert-OH is 1. The number of nitrogens with one attached hydrogen (secondary N) is 1. The number of hydrogen-bond acceptors (Lipinski definition) is 4. The van der Waals surface area contributed by atoms with Crippen LogP contribution in [0.1, 0.15) is 42.7 Å². The van der Waals surface area contributed by atoms with Gasteiger partial charge in [-0.2, -0.15) is 0 Å². The minimum Gasteiger partial charge on any atom is -0.392 e. The maximum Gasteiger partial charge on any atom is 0.246 e. The molecule has 1 amide bonds. The molecule has 9 heteroatoms. The van der Waals surface area contributed by atoms with Crippen molar-refractivity contribution < 1.29 is 23.1 Å². The van der Waals surface area contributed by atoms with Crippen molar-refractivity contribution in [3.8, 4) is 0 Å². The van der Waals surface area contributed by atoms with Gasteiger partial charge < -0.3 is 19.9 Å². The van der Waals surface area contributed by atoms with E-state index in [0.717, 1.165) is 43.7 Å². The first-order chi connectivity index (χ1) is 17.9. The fourth-order valence-electron chi connectivity index (χ4n) is 5.60. The van der Waals surface area contributed by atoms with Crippen LogP contribution in [0.2, 0.25) is 0 Å². The Morgan fingerprint density at radius 1 is 1.11 bits per heavy atom. The van der Waals surface area contributed by atoms with Crippen LogP contribution in [0.3, 0.4) is 0 Å². The maximum atomic E-state index is 13.4. The van der Waals surface area contributed by atoms with Gasteiger partial charge in [-0.25, -0.2) is 18.2 Å². The number of carbonyl (C=O) groups excluding carboxylic acids is 1. The SMILES string of the molecule is O=C(C=Cc1cc(F)c(F)c(F)c1)N1CCC(C(O)CN2CCC(c3c[nH]c4ncccc34)CC2)CC1. The molecular formula is C28H31F3N4O2. The molecule has 2 saturated heterocycles. The summed E-state index contributed by atoms with van der Waals surface area (Å²) in [6, 6.07) is 5.78. The number of nitrogens with zero attached hydrogens (tertiary/aromatic N) is 3. The summed E-state index contributed by atoms with van der Waals surface area (Å²) in [4.78, 5) is 24.2. The highest BCUT2D eigenvalue weighted by Crippen LogP contribution is 2.33. The molecule has 2 fully saturated rings. The molecule has 2 aliphatic rings. The molecule has 2 aromatic heterocycles. The van der Waals surface area contributed by atoms with Crippen LogP contribution in [0.4, 0.5) is 13.2 Å². The lowest BCUT2D eigenvalue weighted by Crippen LogP contribution is -2.45. The molecule has 2 aliphatic heterocycles. The Hall–Kier alpha value is -3.17. The van der Waals surface area contributed by atoms with Gasteiger partial charge in [-0.1, -0.05) is 0 Å². The summed E-state index contributed by atoms with van der Waals surface area (Å²) >= 11 is 0. The highest BCUT2D eigenvalue weighted by atomic mass is 19.2. The van der Waals surface area contributed by atoms with Crippen LogP contribution < -0.4 is 0 Å². The standard InChI is InChI=1S/C28H31F3N4O2/c29-23-14-18(15-24(30)27(23)31)3-4-26(37)35-12-7-20(8-13-35)25(36)17-34-10-5-19(6-11-34)22-16-33-28-21(22)2-1-9-32-28/h1-4,9,14-16,19-20,25,36H,5-8,10-13,17H2,(H,32,33). The van der Waals surface area contributed by atoms with Crippen LogP contribution in [0.15, 0.2) is 42.7 Å². The molecule has 0 spiro atoms. The maximum absolute atomic E-state index is 13.4. The number of carbonyl (C=O) groups is 1. The van der Waals surface area contributed by atoms with Crippen molar-refractivity contribution in [3.05, 3.63) is 71.3 Å². The molecule has 6 nitrogen and oxygen atoms in total. The largest absolute Gasteiger partial charge is 0.392 e. The summed E-state index contributed by atoms with van der Waals surface area (Å²) in [6.07, 6.45) is 9.41. The lowest BCUT2D eigenvalue weighted by molar-refractivity contribution is -0.128. The van der Waals surface area contributed by atoms with Gasteiger partial charge in [-0.05, 0) is 92.1 Å². The highest BCUT2D eigenvalue weighted by Gasteiger charge is 2.30. The minimum atomic E-state index is -1.53. The second-order valence-electron chi connectivity index (χ2n) is 10.1. The third-order valence-electron chi connectivity index (χ3n) is 7.78. The Balaban J connectivity index is 1.07. The summed E-state index contributed by atoms with van der Waals surface area (Å²) in [5.41, 5.74) is 2.33. The van der Waals surface area contributed by atoms with E-state index in [1.807, 2.05) is 6.07 Å². The number of pyridine rings is 1. The number of fused-ring (bicyclic) bond motifs is 1. The van der Waals surface area contributed by atoms with E-state index in [4.69, 9.17) is 0 Å². The molecule has 2 N–H and O–H groups in total. The molecule has 0 radical (unpaired) electrons. The number of aromatic amines is 1. The van der Waals surface area contributed by atoms with Crippen LogP contribution in [0.5, 0.6) is 0 Å². The van der Waals surface area contributed by atoms with Crippen molar-refractivity contribution in [3.63, 3.8) is 0 Å². The van der Waals surface area contributed by atoms with Crippen molar-refractivity contribution >= 4 is 23.0 Å². The number of rotatable bonds is 6. The van der Waals surface area contributed by atoms with E-state index in [2.05, 4.69) is 27.1 Å². The first-order valence-corrected chi connectivity index (χ1v) is 12.8. The smallest absolute Gasteiger partial charge is 0.246 e. The summed E-state index contributed by atoms with van der Waals surface area (Å²) in [5, 5.41) is 12.1. The number of piperidine rings is 2. The fraction of sp³-hybridized carbons (Fsp3) is 0.429. The quantitative estimate of drug-likeness (QED) is 0.378. The van der Waals surface area contributed by atoms with Crippen molar-refractivity contribution in [2.45, 2.75) is 37.7 Å². The lowest BCUT2D eigenvalue weighted by Gasteiger charge is -2.37. The van der Waals surface area contributed by atoms with Gasteiger partial charge in [0.05, 0.1) is 6.10 Å². The number of likely N-dealkylation sites (tertiary alicyclic amines) is 2. The van der Waals surface area contributed by atoms with Gasteiger partial charge >= 0.3 is 0 Å². The zero-order valence-corrected chi connectivity index (χ0v) is 20.5. The Labute approximate surface area is 213 Å². The van der Waals surface area contributed by atoms with E-state index in [1.165, 1.54) is 23.1 Å². The number of β-amino-alcohol motifs (C(OH)–C–C–N with tert-alkyl or cyclic N) is 1. The summed E-state index contributed by atoms with van der Waals surface area (Å²) < 4.78 is 39.8. The summed E-state index contributed by atoms with van der Waals surface area (Å²) in [5.74, 6) is -3.78. The zero-order valence-electron chi connectivity index (χ0n) is 20.5. The zero-order chi connectivity index (χ0) is 25.9. The second kappa shape index (κ2) is 11.1. The first-order valence-electron chi connectivity index (χ1n) is 12.8. The number of H-pyrrole nitrogens is 1. The molecule has 37 heavy (non-hydrogen) atoms. The third kappa shape index (κ3) is 5.72. The highest BCUT2D eigenvalue weighted by molar-refractivity contribution is 5.91. The van der Waals surface area contributed by atoms with Gasteiger partial charge in [0.15, 0.2) is 17.5 Å². The van der Waals surface area contributed by atoms with Crippen molar-refractivity contribution in [2.24, 2.45) is 5.92 Å². The van der Waals surface area contributed by atoms with Gasteiger partial charge in [0.25, 0.3) is 0 Å². The normalized spacial score (nSPS) is 19.2. The first kappa shape index (κ1) is 25.5. The molecular weight excluding hydrogens is 481 g/mol. The van der Waals surface area contributed by atoms with Crippen molar-refractivity contribution in [1.82, 2.24) is 19.8 Å². The predicted octanol–water partition coefficient (Wildman–Crippen LogP) is 4.47. The lowest BCUT2D eigenvalue weighted by atomic mass is 9.88. The number of aliphatic hydroxyl groups is 1. The Morgan fingerprint density at radius 3 is 2.51 bits per heavy atom. The number of aromatic nitrogens is 2. The van der Waals surface area contributed by atoms with Crippen LogP contribution >= 0.6 is 0 Å². The van der Waals surface area contributed by atoms with E-state index >= 15 is 0 Å². The molecule has 1 aromatic carbocycles. The number of halogens is 3. The summed E-state index contributed by atoms with van der Waals surface area (Å²) in [7, 11) is 0. The van der Waals surface area contributed by atoms with E-state index in [0.29, 0.717) is 38.4 Å². The van der Waals surface area contributed by atoms with E-state index in [9.17, 15) is 23.1 Å². The van der Waals surface area contributed by atoms with Gasteiger partial charge in [0.2, 0.25) is 5.91 Å². The molecule has 1 atom stereocenters. The number of hydrogen-bond donors (Lipinski definition) is 2. The predicted molar refractivity (Wildman–Crippen MR) is 135 cm³/mol. The molecule has 0 bridgehead atoms. The molecule has 1 unspecified atom stereocenters. The Morgan fingerprint density at radius 2 is 1.81 bits per heavy atom. The number of benzene rings is 1. The van der Waals surface area contributed by atoms with Crippen molar-refractivity contribution in [2.75, 3.05) is 32.7 Å². The Kier molecular flexibility index (Phi) is 7.62. The topological polar surface area (TPSA) is 72.5 Å². The molecule has 3 aromatic rings. The van der Waals surface area contributed by atoms with Crippen LogP contribution in [0, 0.1) is 23.4 Å². The molecule has 196 valence electrons. The second-order valence-corrected chi connectivity index (χ2v) is 10.1. The van der Waals surface area contributed by atoms with Crippen LogP contribution in [0.25, 0.3) is 17.1 Å². The average Bonchev–Trinajstić information content (AvgIpc) is 3.35. The van der Waals surface area contributed by atoms with E-state index < -0.39 is 23.6 Å². The van der Waals surface area contributed by atoms with Crippen LogP contribution in [-0.4, -0.2) is 69.6 Å². The average molecular weight is 513 g/mol. The third-order valence-corrected chi connectivity index (χ3v) is 7.78. The molecule has 0 aliphatic carbocycles. The number of amides is 1. The fourth-order valence-corrected chi connectivity index (χ4v) is 5.60. The van der Waals surface area contributed by atoms with Gasteiger partial charge in [0, 0.05) is 43.5 Å². The van der Waals surface area contributed by atoms with E-state index in [-0.39, 0.29) is 17.4 Å². The van der Waals surface area contributed by atoms with Gasteiger partial charge in [-0.15, -0.1) is 0 Å². The molecule has 4 heterocycles. The monoisotopic (exact) mass is 512 g/mol. The molecule has 0 saturated carbocycles. The van der Waals surface area contributed by atoms with Gasteiger partial charge in [0.1, 0.15) is 5.65 Å².